The van der Waals surface area contributed by atoms with E-state index in [2.05, 4.69) is 57.2 Å². The molecule has 0 amide bonds. The summed E-state index contributed by atoms with van der Waals surface area (Å²) in [6.07, 6.45) is 0. The van der Waals surface area contributed by atoms with Crippen LogP contribution in [0.4, 0.5) is 0 Å². The average Bonchev–Trinajstić information content (AvgIpc) is 2.16. The fraction of sp³-hybridized carbons (Fsp3) is 0.286. The van der Waals surface area contributed by atoms with Crippen LogP contribution in [0.1, 0.15) is 30.9 Å². The number of aryl methyl sites for hydroxylation is 1. The van der Waals surface area contributed by atoms with Crippen LogP contribution in [-0.4, -0.2) is 0 Å². The fourth-order valence-corrected chi connectivity index (χ4v) is 1.97. The molecular weight excluding hydrogens is 168 g/mol. The molecule has 0 unspecified atom stereocenters. The van der Waals surface area contributed by atoms with E-state index in [1.54, 1.807) is 0 Å². The molecule has 0 aliphatic rings. The number of rotatable bonds is 1. The summed E-state index contributed by atoms with van der Waals surface area (Å²) in [6.45, 7) is 6.67. The minimum absolute atomic E-state index is 0.597. The molecule has 2 aromatic carbocycles. The maximum atomic E-state index is 2.30. The van der Waals surface area contributed by atoms with Gasteiger partial charge in [0.15, 0.2) is 0 Å². The molecule has 0 radical (unpaired) electrons. The van der Waals surface area contributed by atoms with Crippen LogP contribution in [0.5, 0.6) is 0 Å². The monoisotopic (exact) mass is 184 g/mol. The first kappa shape index (κ1) is 9.26. The van der Waals surface area contributed by atoms with Crippen molar-refractivity contribution >= 4 is 10.8 Å². The Hall–Kier alpha value is -1.30. The lowest BCUT2D eigenvalue weighted by Crippen LogP contribution is -1.90. The van der Waals surface area contributed by atoms with E-state index >= 15 is 0 Å². The van der Waals surface area contributed by atoms with Crippen LogP contribution < -0.4 is 0 Å². The second-order valence-electron chi connectivity index (χ2n) is 4.23. The molecule has 0 spiro atoms. The van der Waals surface area contributed by atoms with Gasteiger partial charge in [0, 0.05) is 0 Å². The lowest BCUT2D eigenvalue weighted by molar-refractivity contribution is 0.875. The van der Waals surface area contributed by atoms with Crippen molar-refractivity contribution in [1.82, 2.24) is 0 Å². The molecule has 0 saturated carbocycles. The van der Waals surface area contributed by atoms with Crippen molar-refractivity contribution in [3.8, 4) is 0 Å². The average molecular weight is 184 g/mol. The van der Waals surface area contributed by atoms with E-state index in [1.165, 1.54) is 21.9 Å². The smallest absolute Gasteiger partial charge is 0.0149 e. The Morgan fingerprint density at radius 3 is 2.43 bits per heavy atom. The van der Waals surface area contributed by atoms with Gasteiger partial charge in [-0.2, -0.15) is 0 Å². The molecule has 0 aromatic heterocycles. The van der Waals surface area contributed by atoms with E-state index in [4.69, 9.17) is 0 Å². The summed E-state index contributed by atoms with van der Waals surface area (Å²) in [5.41, 5.74) is 2.81. The van der Waals surface area contributed by atoms with Gasteiger partial charge >= 0.3 is 0 Å². The molecule has 0 nitrogen and oxygen atoms in total. The Kier molecular flexibility index (Phi) is 2.28. The van der Waals surface area contributed by atoms with Crippen molar-refractivity contribution in [3.63, 3.8) is 0 Å². The van der Waals surface area contributed by atoms with Crippen LogP contribution >= 0.6 is 0 Å². The van der Waals surface area contributed by atoms with E-state index in [1.807, 2.05) is 0 Å². The molecule has 2 rings (SSSR count). The van der Waals surface area contributed by atoms with Crippen LogP contribution in [0.25, 0.3) is 10.8 Å². The molecule has 0 fully saturated rings. The summed E-state index contributed by atoms with van der Waals surface area (Å²) >= 11 is 0. The highest BCUT2D eigenvalue weighted by Gasteiger charge is 2.04. The summed E-state index contributed by atoms with van der Waals surface area (Å²) in [5.74, 6) is 0.597. The number of hydrogen-bond acceptors (Lipinski definition) is 0. The number of fused-ring (bicyclic) bond motifs is 1. The van der Waals surface area contributed by atoms with Crippen molar-refractivity contribution in [3.05, 3.63) is 47.5 Å². The Morgan fingerprint density at radius 1 is 1.00 bits per heavy atom. The highest BCUT2D eigenvalue weighted by molar-refractivity contribution is 5.86. The zero-order valence-corrected chi connectivity index (χ0v) is 9.04. The summed E-state index contributed by atoms with van der Waals surface area (Å²) in [6, 6.07) is 13.2. The second kappa shape index (κ2) is 3.45. The molecular formula is C14H16. The third-order valence-electron chi connectivity index (χ3n) is 2.66. The van der Waals surface area contributed by atoms with Gasteiger partial charge in [0.25, 0.3) is 0 Å². The predicted molar refractivity (Wildman–Crippen MR) is 62.8 cm³/mol. The molecule has 0 N–H and O–H groups in total. The second-order valence-corrected chi connectivity index (χ2v) is 4.23. The van der Waals surface area contributed by atoms with Crippen LogP contribution in [0.3, 0.4) is 0 Å². The molecule has 2 aromatic rings. The minimum Gasteiger partial charge on any atom is -0.0616 e. The first-order chi connectivity index (χ1) is 6.68. The fourth-order valence-electron chi connectivity index (χ4n) is 1.97. The molecule has 0 aliphatic carbocycles. The van der Waals surface area contributed by atoms with Crippen molar-refractivity contribution in [2.75, 3.05) is 0 Å². The van der Waals surface area contributed by atoms with E-state index in [0.717, 1.165) is 0 Å². The topological polar surface area (TPSA) is 0 Å². The molecule has 14 heavy (non-hydrogen) atoms. The molecule has 0 aliphatic heterocycles. The van der Waals surface area contributed by atoms with E-state index in [-0.39, 0.29) is 0 Å². The lowest BCUT2D eigenvalue weighted by atomic mass is 9.94. The maximum absolute atomic E-state index is 2.30. The van der Waals surface area contributed by atoms with Gasteiger partial charge < -0.3 is 0 Å². The molecule has 0 atom stereocenters. The largest absolute Gasteiger partial charge is 0.0616 e. The molecule has 0 bridgehead atoms. The third kappa shape index (κ3) is 1.52. The highest BCUT2D eigenvalue weighted by Crippen LogP contribution is 2.26. The lowest BCUT2D eigenvalue weighted by Gasteiger charge is -2.11. The normalized spacial score (nSPS) is 11.1. The quantitative estimate of drug-likeness (QED) is 0.620. The van der Waals surface area contributed by atoms with E-state index in [0.29, 0.717) is 5.92 Å². The molecule has 0 heterocycles. The molecule has 0 heteroatoms. The van der Waals surface area contributed by atoms with Gasteiger partial charge in [-0.3, -0.25) is 0 Å². The zero-order valence-electron chi connectivity index (χ0n) is 9.04. The summed E-state index contributed by atoms with van der Waals surface area (Å²) in [4.78, 5) is 0. The third-order valence-corrected chi connectivity index (χ3v) is 2.66. The van der Waals surface area contributed by atoms with Crippen molar-refractivity contribution in [2.45, 2.75) is 26.7 Å². The van der Waals surface area contributed by atoms with Gasteiger partial charge in [0.1, 0.15) is 0 Å². The summed E-state index contributed by atoms with van der Waals surface area (Å²) in [5, 5.41) is 2.75. The van der Waals surface area contributed by atoms with Crippen molar-refractivity contribution in [1.29, 1.82) is 0 Å². The summed E-state index contributed by atoms with van der Waals surface area (Å²) < 4.78 is 0. The van der Waals surface area contributed by atoms with Gasteiger partial charge in [0.05, 0.1) is 0 Å². The minimum atomic E-state index is 0.597. The Balaban J connectivity index is 2.80. The van der Waals surface area contributed by atoms with Crippen LogP contribution in [0.15, 0.2) is 36.4 Å². The number of benzene rings is 2. The van der Waals surface area contributed by atoms with Crippen molar-refractivity contribution < 1.29 is 0 Å². The van der Waals surface area contributed by atoms with E-state index < -0.39 is 0 Å². The first-order valence-electron chi connectivity index (χ1n) is 5.18. The standard InChI is InChI=1S/C14H16/c1-10(2)14-9-11(3)8-12-6-4-5-7-13(12)14/h4-10H,1-3H3. The number of hydrogen-bond donors (Lipinski definition) is 0. The highest BCUT2D eigenvalue weighted by atomic mass is 14.1. The predicted octanol–water partition coefficient (Wildman–Crippen LogP) is 4.27. The van der Waals surface area contributed by atoms with Gasteiger partial charge in [0.2, 0.25) is 0 Å². The van der Waals surface area contributed by atoms with Gasteiger partial charge in [-0.25, -0.2) is 0 Å². The Bertz CT molecular complexity index is 453. The molecule has 72 valence electrons. The van der Waals surface area contributed by atoms with Crippen molar-refractivity contribution in [2.24, 2.45) is 0 Å². The van der Waals surface area contributed by atoms with Gasteiger partial charge in [-0.15, -0.1) is 0 Å². The van der Waals surface area contributed by atoms with Gasteiger partial charge in [-0.05, 0) is 29.2 Å². The van der Waals surface area contributed by atoms with Crippen LogP contribution in [-0.2, 0) is 0 Å². The van der Waals surface area contributed by atoms with Crippen LogP contribution in [0.2, 0.25) is 0 Å². The van der Waals surface area contributed by atoms with E-state index in [9.17, 15) is 0 Å². The zero-order chi connectivity index (χ0) is 10.1. The molecule has 0 saturated heterocycles. The SMILES string of the molecule is Cc1cc(C(C)C)c2ccccc2c1. The Morgan fingerprint density at radius 2 is 1.71 bits per heavy atom. The van der Waals surface area contributed by atoms with Crippen LogP contribution in [0, 0.1) is 6.92 Å². The summed E-state index contributed by atoms with van der Waals surface area (Å²) in [7, 11) is 0. The first-order valence-corrected chi connectivity index (χ1v) is 5.18. The van der Waals surface area contributed by atoms with Gasteiger partial charge in [-0.1, -0.05) is 55.8 Å². The Labute approximate surface area is 85.6 Å². The maximum Gasteiger partial charge on any atom is -0.0149 e.